The molecule has 3 aliphatic rings. The van der Waals surface area contributed by atoms with Crippen molar-refractivity contribution < 1.29 is 18.0 Å². The molecule has 0 N–H and O–H groups in total. The van der Waals surface area contributed by atoms with Gasteiger partial charge in [0.1, 0.15) is 0 Å². The first-order chi connectivity index (χ1) is 11.3. The minimum Gasteiger partial charge on any atom is -0.338 e. The number of hydrogen-bond acceptors (Lipinski definition) is 3. The average Bonchev–Trinajstić information content (AvgIpc) is 3.14. The summed E-state index contributed by atoms with van der Waals surface area (Å²) in [6.07, 6.45) is 1.41. The van der Waals surface area contributed by atoms with Crippen molar-refractivity contribution in [3.05, 3.63) is 0 Å². The van der Waals surface area contributed by atoms with Crippen LogP contribution in [0.5, 0.6) is 0 Å². The molecule has 0 spiro atoms. The van der Waals surface area contributed by atoms with Crippen molar-refractivity contribution in [1.82, 2.24) is 14.7 Å². The first-order valence-corrected chi connectivity index (χ1v) is 9.15. The summed E-state index contributed by atoms with van der Waals surface area (Å²) in [4.78, 5) is 18.8. The fourth-order valence-corrected chi connectivity index (χ4v) is 4.71. The second-order valence-electron chi connectivity index (χ2n) is 7.60. The van der Waals surface area contributed by atoms with Gasteiger partial charge < -0.3 is 9.80 Å². The molecule has 3 fully saturated rings. The monoisotopic (exact) mass is 347 g/mol. The van der Waals surface area contributed by atoms with Gasteiger partial charge in [0, 0.05) is 24.5 Å². The van der Waals surface area contributed by atoms with E-state index in [4.69, 9.17) is 0 Å². The zero-order chi connectivity index (χ0) is 17.3. The molecule has 0 unspecified atom stereocenters. The van der Waals surface area contributed by atoms with Crippen molar-refractivity contribution in [3.63, 3.8) is 0 Å². The minimum absolute atomic E-state index is 0.0956. The van der Waals surface area contributed by atoms with Crippen LogP contribution >= 0.6 is 0 Å². The largest absolute Gasteiger partial charge is 0.401 e. The maximum absolute atomic E-state index is 12.9. The van der Waals surface area contributed by atoms with Crippen molar-refractivity contribution in [2.45, 2.75) is 56.8 Å². The van der Waals surface area contributed by atoms with Gasteiger partial charge >= 0.3 is 6.18 Å². The zero-order valence-electron chi connectivity index (χ0n) is 14.4. The summed E-state index contributed by atoms with van der Waals surface area (Å²) < 4.78 is 37.4. The third-order valence-electron chi connectivity index (χ3n) is 5.94. The van der Waals surface area contributed by atoms with E-state index in [2.05, 4.69) is 16.8 Å². The predicted molar refractivity (Wildman–Crippen MR) is 85.6 cm³/mol. The molecule has 0 saturated carbocycles. The predicted octanol–water partition coefficient (Wildman–Crippen LogP) is 2.35. The van der Waals surface area contributed by atoms with Gasteiger partial charge in [-0.25, -0.2) is 0 Å². The maximum Gasteiger partial charge on any atom is 0.401 e. The van der Waals surface area contributed by atoms with E-state index in [0.717, 1.165) is 32.4 Å². The fraction of sp³-hybridized carbons (Fsp3) is 0.941. The number of nitrogens with zero attached hydrogens (tertiary/aromatic N) is 3. The van der Waals surface area contributed by atoms with Gasteiger partial charge in [0.2, 0.25) is 5.91 Å². The Balaban J connectivity index is 1.55. The maximum atomic E-state index is 12.9. The normalized spacial score (nSPS) is 31.1. The SMILES string of the molecule is CN1CCC[C@@H]1[C@H]1CCCN1C(=O)C1CCN(CC(F)(F)F)CC1. The second-order valence-corrected chi connectivity index (χ2v) is 7.60. The minimum atomic E-state index is -4.15. The van der Waals surface area contributed by atoms with Gasteiger partial charge in [0.15, 0.2) is 0 Å². The molecule has 1 amide bonds. The van der Waals surface area contributed by atoms with Crippen LogP contribution in [0.1, 0.15) is 38.5 Å². The second kappa shape index (κ2) is 7.20. The van der Waals surface area contributed by atoms with Crippen molar-refractivity contribution in [2.75, 3.05) is 39.8 Å². The highest BCUT2D eigenvalue weighted by Crippen LogP contribution is 2.32. The summed E-state index contributed by atoms with van der Waals surface area (Å²) in [5.74, 6) is 0.0891. The standard InChI is InChI=1S/C17H28F3N3O/c1-21-8-2-4-14(21)15-5-3-9-23(15)16(24)13-6-10-22(11-7-13)12-17(18,19)20/h13-15H,2-12H2,1H3/t14-,15-/m1/s1. The van der Waals surface area contributed by atoms with Gasteiger partial charge in [-0.15, -0.1) is 0 Å². The third kappa shape index (κ3) is 4.04. The van der Waals surface area contributed by atoms with Crippen LogP contribution in [0.25, 0.3) is 0 Å². The van der Waals surface area contributed by atoms with E-state index in [9.17, 15) is 18.0 Å². The number of piperidine rings is 1. The van der Waals surface area contributed by atoms with Crippen LogP contribution in [0.3, 0.4) is 0 Å². The van der Waals surface area contributed by atoms with E-state index in [0.29, 0.717) is 38.0 Å². The van der Waals surface area contributed by atoms with Crippen LogP contribution in [0.4, 0.5) is 13.2 Å². The Morgan fingerprint density at radius 1 is 0.958 bits per heavy atom. The lowest BCUT2D eigenvalue weighted by Gasteiger charge is -2.37. The van der Waals surface area contributed by atoms with E-state index in [1.165, 1.54) is 11.3 Å². The van der Waals surface area contributed by atoms with Crippen LogP contribution in [0.15, 0.2) is 0 Å². The highest BCUT2D eigenvalue weighted by molar-refractivity contribution is 5.79. The summed E-state index contributed by atoms with van der Waals surface area (Å²) in [6, 6.07) is 0.764. The first-order valence-electron chi connectivity index (χ1n) is 9.15. The van der Waals surface area contributed by atoms with Gasteiger partial charge in [-0.05, 0) is 65.2 Å². The number of likely N-dealkylation sites (tertiary alicyclic amines) is 3. The number of likely N-dealkylation sites (N-methyl/N-ethyl adjacent to an activating group) is 1. The lowest BCUT2D eigenvalue weighted by molar-refractivity contribution is -0.151. The zero-order valence-corrected chi connectivity index (χ0v) is 14.4. The molecule has 3 heterocycles. The van der Waals surface area contributed by atoms with Crippen molar-refractivity contribution in [2.24, 2.45) is 5.92 Å². The lowest BCUT2D eigenvalue weighted by atomic mass is 9.94. The molecule has 2 atom stereocenters. The topological polar surface area (TPSA) is 26.8 Å². The number of amides is 1. The third-order valence-corrected chi connectivity index (χ3v) is 5.94. The summed E-state index contributed by atoms with van der Waals surface area (Å²) in [7, 11) is 2.13. The summed E-state index contributed by atoms with van der Waals surface area (Å²) >= 11 is 0. The van der Waals surface area contributed by atoms with Crippen LogP contribution in [0.2, 0.25) is 0 Å². The highest BCUT2D eigenvalue weighted by Gasteiger charge is 2.41. The number of halogens is 3. The number of carbonyl (C=O) groups excluding carboxylic acids is 1. The van der Waals surface area contributed by atoms with E-state index in [1.807, 2.05) is 0 Å². The van der Waals surface area contributed by atoms with Gasteiger partial charge in [-0.2, -0.15) is 13.2 Å². The van der Waals surface area contributed by atoms with Crippen LogP contribution < -0.4 is 0 Å². The number of rotatable bonds is 3. The molecule has 0 aromatic carbocycles. The molecule has 0 radical (unpaired) electrons. The molecular weight excluding hydrogens is 319 g/mol. The molecule has 3 aliphatic heterocycles. The Hall–Kier alpha value is -0.820. The van der Waals surface area contributed by atoms with Gasteiger partial charge in [-0.1, -0.05) is 0 Å². The summed E-state index contributed by atoms with van der Waals surface area (Å²) in [5.41, 5.74) is 0. The fourth-order valence-electron chi connectivity index (χ4n) is 4.71. The first kappa shape index (κ1) is 18.0. The molecule has 0 bridgehead atoms. The number of hydrogen-bond donors (Lipinski definition) is 0. The molecule has 3 saturated heterocycles. The molecular formula is C17H28F3N3O. The molecule has 3 rings (SSSR count). The highest BCUT2D eigenvalue weighted by atomic mass is 19.4. The van der Waals surface area contributed by atoms with E-state index in [-0.39, 0.29) is 11.8 Å². The summed E-state index contributed by atoms with van der Waals surface area (Å²) in [6.45, 7) is 1.80. The van der Waals surface area contributed by atoms with E-state index < -0.39 is 12.7 Å². The molecule has 7 heteroatoms. The van der Waals surface area contributed by atoms with E-state index >= 15 is 0 Å². The van der Waals surface area contributed by atoms with Gasteiger partial charge in [-0.3, -0.25) is 9.69 Å². The molecule has 4 nitrogen and oxygen atoms in total. The van der Waals surface area contributed by atoms with Gasteiger partial charge in [0.05, 0.1) is 6.54 Å². The number of alkyl halides is 3. The van der Waals surface area contributed by atoms with Crippen LogP contribution in [-0.4, -0.2) is 78.6 Å². The quantitative estimate of drug-likeness (QED) is 0.784. The van der Waals surface area contributed by atoms with Crippen molar-refractivity contribution in [3.8, 4) is 0 Å². The Morgan fingerprint density at radius 3 is 2.17 bits per heavy atom. The molecule has 138 valence electrons. The summed E-state index contributed by atoms with van der Waals surface area (Å²) in [5, 5.41) is 0. The van der Waals surface area contributed by atoms with E-state index in [1.54, 1.807) is 0 Å². The molecule has 0 aromatic heterocycles. The molecule has 0 aliphatic carbocycles. The van der Waals surface area contributed by atoms with Crippen molar-refractivity contribution >= 4 is 5.91 Å². The Kier molecular flexibility index (Phi) is 5.39. The number of carbonyl (C=O) groups is 1. The van der Waals surface area contributed by atoms with Crippen LogP contribution in [-0.2, 0) is 4.79 Å². The molecule has 0 aromatic rings. The van der Waals surface area contributed by atoms with Gasteiger partial charge in [0.25, 0.3) is 0 Å². The Morgan fingerprint density at radius 2 is 1.58 bits per heavy atom. The Bertz CT molecular complexity index is 449. The molecule has 24 heavy (non-hydrogen) atoms. The lowest BCUT2D eigenvalue weighted by Crippen LogP contribution is -2.50. The average molecular weight is 347 g/mol. The van der Waals surface area contributed by atoms with Crippen molar-refractivity contribution in [1.29, 1.82) is 0 Å². The Labute approximate surface area is 141 Å². The smallest absolute Gasteiger partial charge is 0.338 e. The van der Waals surface area contributed by atoms with Crippen LogP contribution in [0, 0.1) is 5.92 Å².